The van der Waals surface area contributed by atoms with E-state index < -0.39 is 0 Å². The molecule has 2 rings (SSSR count). The van der Waals surface area contributed by atoms with Crippen LogP contribution in [0.15, 0.2) is 29.6 Å². The Bertz CT molecular complexity index is 550. The van der Waals surface area contributed by atoms with Gasteiger partial charge in [-0.05, 0) is 44.0 Å². The normalized spacial score (nSPS) is 12.3. The first-order valence-corrected chi connectivity index (χ1v) is 9.02. The molecule has 0 aliphatic rings. The summed E-state index contributed by atoms with van der Waals surface area (Å²) in [6, 6.07) is 8.79. The zero-order valence-electron chi connectivity index (χ0n) is 13.8. The predicted molar refractivity (Wildman–Crippen MR) is 94.8 cm³/mol. The number of ether oxygens (including phenoxy) is 1. The van der Waals surface area contributed by atoms with E-state index >= 15 is 0 Å². The number of nitrogens with one attached hydrogen (secondary N) is 1. The van der Waals surface area contributed by atoms with Crippen LogP contribution in [0.25, 0.3) is 11.3 Å². The predicted octanol–water partition coefficient (Wildman–Crippen LogP) is 4.53. The molecule has 0 fully saturated rings. The van der Waals surface area contributed by atoms with E-state index in [2.05, 4.69) is 43.6 Å². The molecule has 1 heterocycles. The molecule has 1 N–H and O–H groups in total. The molecular formula is C18H26N2OS. The largest absolute Gasteiger partial charge is 0.494 e. The van der Waals surface area contributed by atoms with Crippen molar-refractivity contribution in [1.82, 2.24) is 10.3 Å². The standard InChI is InChI=1S/C18H26N2OS/c1-4-12-21-16-8-6-15(7-9-16)17-13-22-18(20-17)10-11-19-14(3)5-2/h6-9,13-14,19H,4-5,10-12H2,1-3H3. The molecule has 3 nitrogen and oxygen atoms in total. The van der Waals surface area contributed by atoms with Gasteiger partial charge in [-0.25, -0.2) is 4.98 Å². The van der Waals surface area contributed by atoms with Crippen molar-refractivity contribution in [3.8, 4) is 17.0 Å². The number of benzene rings is 1. The molecule has 0 radical (unpaired) electrons. The first-order chi connectivity index (χ1) is 10.7. The summed E-state index contributed by atoms with van der Waals surface area (Å²) in [6.07, 6.45) is 3.18. The van der Waals surface area contributed by atoms with Gasteiger partial charge in [0.2, 0.25) is 0 Å². The molecule has 0 saturated heterocycles. The highest BCUT2D eigenvalue weighted by atomic mass is 32.1. The van der Waals surface area contributed by atoms with Gasteiger partial charge in [-0.1, -0.05) is 13.8 Å². The molecule has 0 aliphatic heterocycles. The van der Waals surface area contributed by atoms with Gasteiger partial charge in [0.1, 0.15) is 5.75 Å². The highest BCUT2D eigenvalue weighted by molar-refractivity contribution is 7.09. The second-order valence-electron chi connectivity index (χ2n) is 5.51. The molecule has 0 bridgehead atoms. The van der Waals surface area contributed by atoms with Crippen LogP contribution in [-0.2, 0) is 6.42 Å². The Morgan fingerprint density at radius 1 is 1.23 bits per heavy atom. The molecule has 22 heavy (non-hydrogen) atoms. The van der Waals surface area contributed by atoms with Crippen LogP contribution in [0.1, 0.15) is 38.6 Å². The van der Waals surface area contributed by atoms with Crippen molar-refractivity contribution < 1.29 is 4.74 Å². The van der Waals surface area contributed by atoms with E-state index in [1.165, 1.54) is 5.01 Å². The molecule has 1 aromatic carbocycles. The van der Waals surface area contributed by atoms with Crippen molar-refractivity contribution in [3.05, 3.63) is 34.7 Å². The van der Waals surface area contributed by atoms with Crippen LogP contribution in [0.4, 0.5) is 0 Å². The third kappa shape index (κ3) is 5.11. The lowest BCUT2D eigenvalue weighted by Crippen LogP contribution is -2.27. The lowest BCUT2D eigenvalue weighted by molar-refractivity contribution is 0.317. The zero-order valence-corrected chi connectivity index (χ0v) is 14.6. The lowest BCUT2D eigenvalue weighted by Gasteiger charge is -2.09. The number of hydrogen-bond donors (Lipinski definition) is 1. The van der Waals surface area contributed by atoms with Crippen LogP contribution in [0.2, 0.25) is 0 Å². The van der Waals surface area contributed by atoms with Crippen molar-refractivity contribution in [2.75, 3.05) is 13.2 Å². The summed E-state index contributed by atoms with van der Waals surface area (Å²) < 4.78 is 5.61. The minimum absolute atomic E-state index is 0.579. The fraction of sp³-hybridized carbons (Fsp3) is 0.500. The Morgan fingerprint density at radius 2 is 2.00 bits per heavy atom. The Labute approximate surface area is 137 Å². The molecule has 0 spiro atoms. The Hall–Kier alpha value is -1.39. The third-order valence-electron chi connectivity index (χ3n) is 3.62. The third-order valence-corrected chi connectivity index (χ3v) is 4.53. The summed E-state index contributed by atoms with van der Waals surface area (Å²) in [4.78, 5) is 4.73. The van der Waals surface area contributed by atoms with E-state index in [0.29, 0.717) is 6.04 Å². The van der Waals surface area contributed by atoms with E-state index in [1.807, 2.05) is 12.1 Å². The maximum Gasteiger partial charge on any atom is 0.119 e. The minimum Gasteiger partial charge on any atom is -0.494 e. The van der Waals surface area contributed by atoms with Gasteiger partial charge in [0, 0.05) is 30.0 Å². The van der Waals surface area contributed by atoms with Gasteiger partial charge in [0.25, 0.3) is 0 Å². The summed E-state index contributed by atoms with van der Waals surface area (Å²) >= 11 is 1.74. The van der Waals surface area contributed by atoms with Crippen LogP contribution in [-0.4, -0.2) is 24.2 Å². The first kappa shape index (κ1) is 17.0. The quantitative estimate of drug-likeness (QED) is 0.737. The first-order valence-electron chi connectivity index (χ1n) is 8.14. The second kappa shape index (κ2) is 8.91. The maximum absolute atomic E-state index is 5.61. The zero-order chi connectivity index (χ0) is 15.8. The Morgan fingerprint density at radius 3 is 2.68 bits per heavy atom. The molecule has 0 saturated carbocycles. The minimum atomic E-state index is 0.579. The summed E-state index contributed by atoms with van der Waals surface area (Å²) in [7, 11) is 0. The summed E-state index contributed by atoms with van der Waals surface area (Å²) in [5.41, 5.74) is 2.21. The average molecular weight is 318 g/mol. The van der Waals surface area contributed by atoms with Crippen LogP contribution in [0.5, 0.6) is 5.75 Å². The topological polar surface area (TPSA) is 34.1 Å². The highest BCUT2D eigenvalue weighted by Gasteiger charge is 2.06. The van der Waals surface area contributed by atoms with Crippen molar-refractivity contribution in [1.29, 1.82) is 0 Å². The molecule has 4 heteroatoms. The van der Waals surface area contributed by atoms with Crippen molar-refractivity contribution in [2.24, 2.45) is 0 Å². The van der Waals surface area contributed by atoms with Gasteiger partial charge >= 0.3 is 0 Å². The molecular weight excluding hydrogens is 292 g/mol. The fourth-order valence-electron chi connectivity index (χ4n) is 2.07. The summed E-state index contributed by atoms with van der Waals surface area (Å²) in [5.74, 6) is 0.929. The SMILES string of the molecule is CCCOc1ccc(-c2csc(CCNC(C)CC)n2)cc1. The van der Waals surface area contributed by atoms with Gasteiger partial charge in [0.15, 0.2) is 0 Å². The van der Waals surface area contributed by atoms with Crippen LogP contribution < -0.4 is 10.1 Å². The van der Waals surface area contributed by atoms with Gasteiger partial charge in [0.05, 0.1) is 17.3 Å². The number of thiazole rings is 1. The maximum atomic E-state index is 5.61. The lowest BCUT2D eigenvalue weighted by atomic mass is 10.2. The van der Waals surface area contributed by atoms with Gasteiger partial charge in [-0.3, -0.25) is 0 Å². The Kier molecular flexibility index (Phi) is 6.87. The van der Waals surface area contributed by atoms with Crippen molar-refractivity contribution >= 4 is 11.3 Å². The van der Waals surface area contributed by atoms with Crippen molar-refractivity contribution in [3.63, 3.8) is 0 Å². The smallest absolute Gasteiger partial charge is 0.119 e. The molecule has 1 unspecified atom stereocenters. The number of hydrogen-bond acceptors (Lipinski definition) is 4. The van der Waals surface area contributed by atoms with Crippen LogP contribution >= 0.6 is 11.3 Å². The number of nitrogens with zero attached hydrogens (tertiary/aromatic N) is 1. The Balaban J connectivity index is 1.90. The van der Waals surface area contributed by atoms with E-state index in [4.69, 9.17) is 9.72 Å². The molecule has 2 aromatic rings. The molecule has 1 atom stereocenters. The average Bonchev–Trinajstić information content (AvgIpc) is 3.02. The molecule has 0 aliphatic carbocycles. The molecule has 120 valence electrons. The van der Waals surface area contributed by atoms with Crippen molar-refractivity contribution in [2.45, 2.75) is 46.1 Å². The van der Waals surface area contributed by atoms with E-state index in [9.17, 15) is 0 Å². The fourth-order valence-corrected chi connectivity index (χ4v) is 2.88. The van der Waals surface area contributed by atoms with Gasteiger partial charge < -0.3 is 10.1 Å². The van der Waals surface area contributed by atoms with Gasteiger partial charge in [-0.2, -0.15) is 0 Å². The summed E-state index contributed by atoms with van der Waals surface area (Å²) in [5, 5.41) is 6.84. The number of aromatic nitrogens is 1. The molecule has 0 amide bonds. The van der Waals surface area contributed by atoms with E-state index in [0.717, 1.165) is 49.4 Å². The van der Waals surface area contributed by atoms with E-state index in [-0.39, 0.29) is 0 Å². The van der Waals surface area contributed by atoms with Crippen LogP contribution in [0.3, 0.4) is 0 Å². The summed E-state index contributed by atoms with van der Waals surface area (Å²) in [6.45, 7) is 8.29. The highest BCUT2D eigenvalue weighted by Crippen LogP contribution is 2.24. The monoisotopic (exact) mass is 318 g/mol. The van der Waals surface area contributed by atoms with Gasteiger partial charge in [-0.15, -0.1) is 11.3 Å². The molecule has 1 aromatic heterocycles. The number of rotatable bonds is 9. The second-order valence-corrected chi connectivity index (χ2v) is 6.46. The van der Waals surface area contributed by atoms with E-state index in [1.54, 1.807) is 11.3 Å². The van der Waals surface area contributed by atoms with Crippen LogP contribution in [0, 0.1) is 0 Å².